The average Bonchev–Trinajstić information content (AvgIpc) is 2.56. The van der Waals surface area contributed by atoms with Crippen LogP contribution in [0.15, 0.2) is 46.2 Å². The van der Waals surface area contributed by atoms with E-state index in [9.17, 15) is 19.7 Å². The Hall–Kier alpha value is -2.84. The third-order valence-corrected chi connectivity index (χ3v) is 4.70. The summed E-state index contributed by atoms with van der Waals surface area (Å²) in [5.41, 5.74) is 0.687. The predicted molar refractivity (Wildman–Crippen MR) is 98.3 cm³/mol. The van der Waals surface area contributed by atoms with Crippen LogP contribution in [-0.4, -0.2) is 16.8 Å². The minimum atomic E-state index is -0.656. The van der Waals surface area contributed by atoms with E-state index in [1.54, 1.807) is 18.2 Å². The SMILES string of the molecule is CC(=O)Oc1ccc(/C=C2\Sc3ccc(Cl)cc3NC2=O)cc1[N+](=O)[O-]. The molecule has 26 heavy (non-hydrogen) atoms. The van der Waals surface area contributed by atoms with E-state index < -0.39 is 10.9 Å². The van der Waals surface area contributed by atoms with Crippen molar-refractivity contribution in [1.82, 2.24) is 0 Å². The monoisotopic (exact) mass is 390 g/mol. The summed E-state index contributed by atoms with van der Waals surface area (Å²) < 4.78 is 4.83. The topological polar surface area (TPSA) is 98.5 Å². The molecule has 3 rings (SSSR count). The molecule has 1 aliphatic rings. The van der Waals surface area contributed by atoms with Gasteiger partial charge in [-0.3, -0.25) is 19.7 Å². The summed E-state index contributed by atoms with van der Waals surface area (Å²) in [6.07, 6.45) is 1.53. The van der Waals surface area contributed by atoms with Gasteiger partial charge in [0.05, 0.1) is 15.5 Å². The van der Waals surface area contributed by atoms with Crippen molar-refractivity contribution < 1.29 is 19.2 Å². The van der Waals surface area contributed by atoms with Crippen molar-refractivity contribution in [3.8, 4) is 5.75 Å². The van der Waals surface area contributed by atoms with E-state index in [2.05, 4.69) is 5.32 Å². The van der Waals surface area contributed by atoms with E-state index in [1.807, 2.05) is 0 Å². The molecular formula is C17H11ClN2O5S. The summed E-state index contributed by atoms with van der Waals surface area (Å²) in [6.45, 7) is 1.16. The number of carbonyl (C=O) groups is 2. The standard InChI is InChI=1S/C17H11ClN2O5S/c1-9(21)25-14-4-2-10(6-13(14)20(23)24)7-16-17(22)19-12-8-11(18)3-5-15(12)26-16/h2-8H,1H3,(H,19,22)/b16-7-. The molecule has 132 valence electrons. The largest absolute Gasteiger partial charge is 0.419 e. The average molecular weight is 391 g/mol. The molecule has 0 spiro atoms. The molecule has 0 aliphatic carbocycles. The first-order valence-corrected chi connectivity index (χ1v) is 8.50. The number of hydrogen-bond donors (Lipinski definition) is 1. The summed E-state index contributed by atoms with van der Waals surface area (Å²) in [5, 5.41) is 14.4. The van der Waals surface area contributed by atoms with Gasteiger partial charge < -0.3 is 10.1 Å². The van der Waals surface area contributed by atoms with Crippen molar-refractivity contribution in [1.29, 1.82) is 0 Å². The summed E-state index contributed by atoms with van der Waals surface area (Å²) in [7, 11) is 0. The number of amides is 1. The van der Waals surface area contributed by atoms with E-state index in [4.69, 9.17) is 16.3 Å². The predicted octanol–water partition coefficient (Wildman–Crippen LogP) is 4.26. The van der Waals surface area contributed by atoms with Crippen molar-refractivity contribution in [3.05, 3.63) is 62.0 Å². The minimum Gasteiger partial charge on any atom is -0.419 e. The van der Waals surface area contributed by atoms with Crippen LogP contribution in [0.5, 0.6) is 5.75 Å². The van der Waals surface area contributed by atoms with Crippen LogP contribution >= 0.6 is 23.4 Å². The van der Waals surface area contributed by atoms with Crippen molar-refractivity contribution in [2.24, 2.45) is 0 Å². The number of rotatable bonds is 3. The highest BCUT2D eigenvalue weighted by atomic mass is 35.5. The Balaban J connectivity index is 1.95. The number of fused-ring (bicyclic) bond motifs is 1. The van der Waals surface area contributed by atoms with Gasteiger partial charge in [-0.1, -0.05) is 29.4 Å². The fraction of sp³-hybridized carbons (Fsp3) is 0.0588. The highest BCUT2D eigenvalue weighted by Gasteiger charge is 2.22. The molecule has 0 aromatic heterocycles. The lowest BCUT2D eigenvalue weighted by atomic mass is 10.1. The van der Waals surface area contributed by atoms with Crippen LogP contribution in [0.25, 0.3) is 6.08 Å². The van der Waals surface area contributed by atoms with E-state index in [0.29, 0.717) is 21.2 Å². The van der Waals surface area contributed by atoms with Crippen molar-refractivity contribution in [2.45, 2.75) is 11.8 Å². The molecule has 0 radical (unpaired) electrons. The van der Waals surface area contributed by atoms with Gasteiger partial charge in [0.2, 0.25) is 5.75 Å². The minimum absolute atomic E-state index is 0.148. The third kappa shape index (κ3) is 3.87. The lowest BCUT2D eigenvalue weighted by molar-refractivity contribution is -0.385. The summed E-state index contributed by atoms with van der Waals surface area (Å²) in [4.78, 5) is 35.0. The Morgan fingerprint density at radius 1 is 1.31 bits per heavy atom. The van der Waals surface area contributed by atoms with Gasteiger partial charge in [0.25, 0.3) is 5.91 Å². The molecule has 1 N–H and O–H groups in total. The molecule has 7 nitrogen and oxygen atoms in total. The molecule has 0 bridgehead atoms. The van der Waals surface area contributed by atoms with Gasteiger partial charge >= 0.3 is 11.7 Å². The van der Waals surface area contributed by atoms with Gasteiger partial charge in [0.1, 0.15) is 0 Å². The molecule has 9 heteroatoms. The van der Waals surface area contributed by atoms with Gasteiger partial charge in [-0.15, -0.1) is 0 Å². The number of hydrogen-bond acceptors (Lipinski definition) is 6. The molecule has 2 aromatic rings. The van der Waals surface area contributed by atoms with Crippen molar-refractivity contribution in [3.63, 3.8) is 0 Å². The number of thioether (sulfide) groups is 1. The van der Waals surface area contributed by atoms with E-state index in [0.717, 1.165) is 11.8 Å². The lowest BCUT2D eigenvalue weighted by Crippen LogP contribution is -2.17. The zero-order valence-corrected chi connectivity index (χ0v) is 14.9. The summed E-state index contributed by atoms with van der Waals surface area (Å²) in [6, 6.07) is 9.24. The molecule has 0 saturated carbocycles. The van der Waals surface area contributed by atoms with Gasteiger partial charge in [0.15, 0.2) is 0 Å². The molecule has 0 saturated heterocycles. The number of halogens is 1. The van der Waals surface area contributed by atoms with Crippen molar-refractivity contribution >= 4 is 52.7 Å². The Morgan fingerprint density at radius 2 is 2.08 bits per heavy atom. The van der Waals surface area contributed by atoms with Crippen LogP contribution in [0.4, 0.5) is 11.4 Å². The molecule has 2 aromatic carbocycles. The number of nitro benzene ring substituents is 1. The van der Waals surface area contributed by atoms with Crippen LogP contribution < -0.4 is 10.1 Å². The number of anilines is 1. The maximum atomic E-state index is 12.3. The van der Waals surface area contributed by atoms with Crippen LogP contribution in [0, 0.1) is 10.1 Å². The molecule has 0 fully saturated rings. The Bertz CT molecular complexity index is 974. The molecule has 0 unspecified atom stereocenters. The van der Waals surface area contributed by atoms with Gasteiger partial charge in [-0.2, -0.15) is 0 Å². The van der Waals surface area contributed by atoms with Gasteiger partial charge in [-0.05, 0) is 35.9 Å². The van der Waals surface area contributed by atoms with Gasteiger partial charge in [0, 0.05) is 22.9 Å². The Labute approximate surface area is 157 Å². The Kier molecular flexibility index (Phi) is 4.97. The molecule has 1 amide bonds. The number of nitrogens with zero attached hydrogens (tertiary/aromatic N) is 1. The van der Waals surface area contributed by atoms with E-state index in [-0.39, 0.29) is 17.3 Å². The second-order valence-corrected chi connectivity index (χ2v) is 6.80. The zero-order valence-electron chi connectivity index (χ0n) is 13.3. The third-order valence-electron chi connectivity index (χ3n) is 3.36. The maximum absolute atomic E-state index is 12.3. The van der Waals surface area contributed by atoms with Crippen LogP contribution in [0.1, 0.15) is 12.5 Å². The summed E-state index contributed by atoms with van der Waals surface area (Å²) >= 11 is 7.15. The quantitative estimate of drug-likeness (QED) is 0.276. The maximum Gasteiger partial charge on any atom is 0.312 e. The highest BCUT2D eigenvalue weighted by Crippen LogP contribution is 2.40. The first-order chi connectivity index (χ1) is 12.3. The van der Waals surface area contributed by atoms with Crippen LogP contribution in [0.2, 0.25) is 5.02 Å². The number of ether oxygens (including phenoxy) is 1. The molecule has 0 atom stereocenters. The number of benzene rings is 2. The van der Waals surface area contributed by atoms with E-state index in [1.165, 1.54) is 36.0 Å². The Morgan fingerprint density at radius 3 is 2.77 bits per heavy atom. The summed E-state index contributed by atoms with van der Waals surface area (Å²) in [5.74, 6) is -1.14. The number of carbonyl (C=O) groups excluding carboxylic acids is 2. The van der Waals surface area contributed by atoms with Crippen LogP contribution in [-0.2, 0) is 9.59 Å². The molecular weight excluding hydrogens is 380 g/mol. The molecule has 1 heterocycles. The number of nitrogens with one attached hydrogen (secondary N) is 1. The first-order valence-electron chi connectivity index (χ1n) is 7.31. The smallest absolute Gasteiger partial charge is 0.312 e. The number of esters is 1. The second kappa shape index (κ2) is 7.19. The highest BCUT2D eigenvalue weighted by molar-refractivity contribution is 8.04. The van der Waals surface area contributed by atoms with E-state index >= 15 is 0 Å². The van der Waals surface area contributed by atoms with Gasteiger partial charge in [-0.25, -0.2) is 0 Å². The number of nitro groups is 1. The van der Waals surface area contributed by atoms with Crippen molar-refractivity contribution in [2.75, 3.05) is 5.32 Å². The second-order valence-electron chi connectivity index (χ2n) is 5.28. The van der Waals surface area contributed by atoms with Crippen LogP contribution in [0.3, 0.4) is 0 Å². The fourth-order valence-corrected chi connectivity index (χ4v) is 3.40. The normalized spacial score (nSPS) is 14.5. The lowest BCUT2D eigenvalue weighted by Gasteiger charge is -2.18. The fourth-order valence-electron chi connectivity index (χ4n) is 2.29. The first kappa shape index (κ1) is 18.0. The zero-order chi connectivity index (χ0) is 18.8. The molecule has 1 aliphatic heterocycles.